The molecular weight excluding hydrogens is 150 g/mol. The summed E-state index contributed by atoms with van der Waals surface area (Å²) in [7, 11) is 1.79. The van der Waals surface area contributed by atoms with Crippen molar-refractivity contribution < 1.29 is 4.74 Å². The van der Waals surface area contributed by atoms with E-state index in [0.29, 0.717) is 5.41 Å². The summed E-state index contributed by atoms with van der Waals surface area (Å²) >= 11 is 0. The maximum absolute atomic E-state index is 5.13. The number of ether oxygens (including phenoxy) is 1. The van der Waals surface area contributed by atoms with Crippen molar-refractivity contribution in [2.24, 2.45) is 5.41 Å². The molecule has 3 aliphatic rings. The zero-order chi connectivity index (χ0) is 6.32. The van der Waals surface area contributed by atoms with E-state index in [9.17, 15) is 0 Å². The maximum Gasteiger partial charge on any atom is 0.0531 e. The van der Waals surface area contributed by atoms with Crippen LogP contribution in [-0.2, 0) is 4.74 Å². The fourth-order valence-corrected chi connectivity index (χ4v) is 2.11. The Balaban J connectivity index is 0.000000500. The molecule has 2 aliphatic heterocycles. The van der Waals surface area contributed by atoms with Gasteiger partial charge >= 0.3 is 0 Å². The Morgan fingerprint density at radius 1 is 1.60 bits per heavy atom. The zero-order valence-electron chi connectivity index (χ0n) is 6.22. The van der Waals surface area contributed by atoms with Crippen LogP contribution >= 0.6 is 12.4 Å². The molecule has 3 heteroatoms. The Bertz CT molecular complexity index is 117. The predicted octanol–water partition coefficient (Wildman–Crippen LogP) is 0.807. The summed E-state index contributed by atoms with van der Waals surface area (Å²) in [5.41, 5.74) is 0.555. The number of rotatable bonds is 2. The van der Waals surface area contributed by atoms with Crippen LogP contribution in [0.5, 0.6) is 0 Å². The second kappa shape index (κ2) is 2.68. The van der Waals surface area contributed by atoms with Gasteiger partial charge in [-0.3, -0.25) is 0 Å². The van der Waals surface area contributed by atoms with Gasteiger partial charge in [-0.05, 0) is 12.8 Å². The van der Waals surface area contributed by atoms with Crippen molar-refractivity contribution in [3.05, 3.63) is 0 Å². The van der Waals surface area contributed by atoms with Crippen LogP contribution in [0.4, 0.5) is 0 Å². The van der Waals surface area contributed by atoms with Crippen molar-refractivity contribution in [2.75, 3.05) is 20.3 Å². The molecule has 1 saturated carbocycles. The molecule has 3 fully saturated rings. The third-order valence-electron chi connectivity index (χ3n) is 2.58. The minimum absolute atomic E-state index is 0. The highest BCUT2D eigenvalue weighted by molar-refractivity contribution is 5.85. The molecule has 0 aromatic rings. The average molecular weight is 164 g/mol. The molecule has 0 aromatic heterocycles. The first-order valence-corrected chi connectivity index (χ1v) is 3.57. The first-order valence-electron chi connectivity index (χ1n) is 3.57. The van der Waals surface area contributed by atoms with Crippen LogP contribution in [0.25, 0.3) is 0 Å². The Labute approximate surface area is 67.7 Å². The van der Waals surface area contributed by atoms with E-state index in [1.165, 1.54) is 19.4 Å². The molecule has 0 unspecified atom stereocenters. The van der Waals surface area contributed by atoms with Crippen molar-refractivity contribution in [2.45, 2.75) is 18.9 Å². The van der Waals surface area contributed by atoms with Crippen molar-refractivity contribution in [1.29, 1.82) is 0 Å². The smallest absolute Gasteiger partial charge is 0.0531 e. The molecule has 0 amide bonds. The molecule has 2 nitrogen and oxygen atoms in total. The quantitative estimate of drug-likeness (QED) is 0.651. The predicted molar refractivity (Wildman–Crippen MR) is 42.6 cm³/mol. The van der Waals surface area contributed by atoms with E-state index in [4.69, 9.17) is 4.74 Å². The van der Waals surface area contributed by atoms with E-state index in [1.54, 1.807) is 7.11 Å². The van der Waals surface area contributed by atoms with Gasteiger partial charge in [-0.2, -0.15) is 0 Å². The summed E-state index contributed by atoms with van der Waals surface area (Å²) in [5, 5.41) is 3.44. The van der Waals surface area contributed by atoms with Gasteiger partial charge in [-0.1, -0.05) is 0 Å². The lowest BCUT2D eigenvalue weighted by Crippen LogP contribution is -2.37. The van der Waals surface area contributed by atoms with Gasteiger partial charge in [0.15, 0.2) is 0 Å². The van der Waals surface area contributed by atoms with Crippen LogP contribution in [0.15, 0.2) is 0 Å². The third kappa shape index (κ3) is 1.04. The highest BCUT2D eigenvalue weighted by atomic mass is 35.5. The minimum atomic E-state index is 0. The first kappa shape index (κ1) is 8.31. The van der Waals surface area contributed by atoms with Gasteiger partial charge in [0.1, 0.15) is 0 Å². The van der Waals surface area contributed by atoms with Gasteiger partial charge in [0.2, 0.25) is 0 Å². The molecular formula is C7H14ClNO. The lowest BCUT2D eigenvalue weighted by Gasteiger charge is -2.35. The van der Waals surface area contributed by atoms with Crippen LogP contribution in [-0.4, -0.2) is 26.3 Å². The molecule has 60 valence electrons. The fourth-order valence-electron chi connectivity index (χ4n) is 2.11. The molecule has 1 aliphatic carbocycles. The molecule has 2 bridgehead atoms. The fraction of sp³-hybridized carbons (Fsp3) is 1.00. The molecule has 0 aromatic carbocycles. The Morgan fingerprint density at radius 3 is 2.70 bits per heavy atom. The lowest BCUT2D eigenvalue weighted by atomic mass is 9.71. The average Bonchev–Trinajstić information content (AvgIpc) is 2.22. The molecule has 0 atom stereocenters. The minimum Gasteiger partial charge on any atom is -0.384 e. The summed E-state index contributed by atoms with van der Waals surface area (Å²) in [5.74, 6) is 0. The largest absolute Gasteiger partial charge is 0.384 e. The van der Waals surface area contributed by atoms with Crippen molar-refractivity contribution >= 4 is 12.4 Å². The van der Waals surface area contributed by atoms with Crippen LogP contribution < -0.4 is 5.32 Å². The second-order valence-electron chi connectivity index (χ2n) is 3.42. The van der Waals surface area contributed by atoms with Crippen LogP contribution in [0, 0.1) is 5.41 Å². The lowest BCUT2D eigenvalue weighted by molar-refractivity contribution is 0.0519. The van der Waals surface area contributed by atoms with E-state index in [0.717, 1.165) is 12.6 Å². The van der Waals surface area contributed by atoms with E-state index in [1.807, 2.05) is 0 Å². The Hall–Kier alpha value is 0.210. The third-order valence-corrected chi connectivity index (χ3v) is 2.58. The van der Waals surface area contributed by atoms with Crippen molar-refractivity contribution in [3.63, 3.8) is 0 Å². The monoisotopic (exact) mass is 163 g/mol. The molecule has 3 rings (SSSR count). The normalized spacial score (nSPS) is 42.3. The number of methoxy groups -OCH3 is 1. The summed E-state index contributed by atoms with van der Waals surface area (Å²) in [6.07, 6.45) is 2.70. The molecule has 2 heterocycles. The van der Waals surface area contributed by atoms with Crippen LogP contribution in [0.3, 0.4) is 0 Å². The van der Waals surface area contributed by atoms with Gasteiger partial charge in [-0.15, -0.1) is 12.4 Å². The van der Waals surface area contributed by atoms with Crippen LogP contribution in [0.1, 0.15) is 12.8 Å². The molecule has 1 N–H and O–H groups in total. The van der Waals surface area contributed by atoms with Gasteiger partial charge in [0, 0.05) is 25.1 Å². The van der Waals surface area contributed by atoms with Crippen molar-refractivity contribution in [1.82, 2.24) is 5.32 Å². The number of hydrogen-bond acceptors (Lipinski definition) is 2. The molecule has 2 saturated heterocycles. The van der Waals surface area contributed by atoms with E-state index in [-0.39, 0.29) is 12.4 Å². The highest BCUT2D eigenvalue weighted by Gasteiger charge is 2.49. The number of nitrogens with one attached hydrogen (secondary N) is 1. The molecule has 0 radical (unpaired) electrons. The van der Waals surface area contributed by atoms with E-state index >= 15 is 0 Å². The van der Waals surface area contributed by atoms with E-state index < -0.39 is 0 Å². The van der Waals surface area contributed by atoms with Gasteiger partial charge in [0.25, 0.3) is 0 Å². The topological polar surface area (TPSA) is 21.3 Å². The SMILES string of the molecule is COCC12CNC(C1)C2.Cl. The summed E-state index contributed by atoms with van der Waals surface area (Å²) in [6, 6.07) is 0.833. The summed E-state index contributed by atoms with van der Waals surface area (Å²) in [6.45, 7) is 2.14. The first-order chi connectivity index (χ1) is 4.35. The van der Waals surface area contributed by atoms with Gasteiger partial charge in [-0.25, -0.2) is 0 Å². The number of fused-ring (bicyclic) bond motifs is 1. The zero-order valence-corrected chi connectivity index (χ0v) is 7.04. The standard InChI is InChI=1S/C7H13NO.ClH/c1-9-5-7-2-6(3-7)8-4-7;/h6,8H,2-5H2,1H3;1H. The maximum atomic E-state index is 5.13. The van der Waals surface area contributed by atoms with Gasteiger partial charge < -0.3 is 10.1 Å². The second-order valence-corrected chi connectivity index (χ2v) is 3.42. The van der Waals surface area contributed by atoms with E-state index in [2.05, 4.69) is 5.32 Å². The molecule has 10 heavy (non-hydrogen) atoms. The summed E-state index contributed by atoms with van der Waals surface area (Å²) < 4.78 is 5.13. The van der Waals surface area contributed by atoms with Gasteiger partial charge in [0.05, 0.1) is 6.61 Å². The molecule has 0 spiro atoms. The number of halogens is 1. The Morgan fingerprint density at radius 2 is 2.30 bits per heavy atom. The Kier molecular flexibility index (Phi) is 2.23. The van der Waals surface area contributed by atoms with Crippen molar-refractivity contribution in [3.8, 4) is 0 Å². The van der Waals surface area contributed by atoms with Crippen LogP contribution in [0.2, 0.25) is 0 Å². The highest BCUT2D eigenvalue weighted by Crippen LogP contribution is 2.46. The number of hydrogen-bond donors (Lipinski definition) is 1. The summed E-state index contributed by atoms with van der Waals surface area (Å²) in [4.78, 5) is 0.